The molecular weight excluding hydrogens is 336 g/mol. The second-order valence-electron chi connectivity index (χ2n) is 5.32. The molecule has 0 amide bonds. The van der Waals surface area contributed by atoms with Crippen molar-refractivity contribution in [3.05, 3.63) is 28.5 Å². The fourth-order valence-corrected chi connectivity index (χ4v) is 4.97. The van der Waals surface area contributed by atoms with Crippen molar-refractivity contribution in [3.8, 4) is 0 Å². The molecule has 1 aliphatic heterocycles. The molecule has 1 unspecified atom stereocenters. The number of nitrogens with zero attached hydrogens (tertiary/aromatic N) is 1. The van der Waals surface area contributed by atoms with Gasteiger partial charge in [-0.05, 0) is 31.9 Å². The van der Waals surface area contributed by atoms with Crippen molar-refractivity contribution < 1.29 is 12.8 Å². The third kappa shape index (κ3) is 3.52. The summed E-state index contributed by atoms with van der Waals surface area (Å²) in [6, 6.07) is 2.38. The Labute approximate surface area is 135 Å². The quantitative estimate of drug-likeness (QED) is 0.764. The lowest BCUT2D eigenvalue weighted by atomic mass is 10.1. The normalized spacial score (nSPS) is 21.2. The Hall–Kier alpha value is -0.360. The summed E-state index contributed by atoms with van der Waals surface area (Å²) in [5, 5.41) is 0.174. The average molecular weight is 354 g/mol. The first-order valence-electron chi connectivity index (χ1n) is 6.93. The second kappa shape index (κ2) is 6.82. The predicted molar refractivity (Wildman–Crippen MR) is 82.8 cm³/mol. The molecule has 0 aliphatic carbocycles. The number of halogens is 3. The van der Waals surface area contributed by atoms with E-state index in [0.717, 1.165) is 25.7 Å². The van der Waals surface area contributed by atoms with Gasteiger partial charge in [-0.1, -0.05) is 24.4 Å². The van der Waals surface area contributed by atoms with Gasteiger partial charge in [0.25, 0.3) is 0 Å². The van der Waals surface area contributed by atoms with Gasteiger partial charge in [-0.15, -0.1) is 11.6 Å². The predicted octanol–water partition coefficient (Wildman–Crippen LogP) is 4.17. The summed E-state index contributed by atoms with van der Waals surface area (Å²) in [6.45, 7) is 2.26. The molecule has 0 N–H and O–H groups in total. The van der Waals surface area contributed by atoms with Crippen LogP contribution in [0.5, 0.6) is 0 Å². The van der Waals surface area contributed by atoms with E-state index in [9.17, 15) is 12.8 Å². The molecule has 118 valence electrons. The number of rotatable bonds is 3. The summed E-state index contributed by atoms with van der Waals surface area (Å²) in [6.07, 6.45) is 3.54. The monoisotopic (exact) mass is 353 g/mol. The first-order valence-corrected chi connectivity index (χ1v) is 9.29. The summed E-state index contributed by atoms with van der Waals surface area (Å²) >= 11 is 11.6. The minimum absolute atomic E-state index is 0.102. The number of alkyl halides is 1. The SMILES string of the molecule is CC1CCCCCN1S(=O)(=O)c1cc(Cl)cc(CCl)c1F. The van der Waals surface area contributed by atoms with Crippen LogP contribution < -0.4 is 0 Å². The van der Waals surface area contributed by atoms with Crippen molar-refractivity contribution in [2.75, 3.05) is 6.54 Å². The number of hydrogen-bond donors (Lipinski definition) is 0. The average Bonchev–Trinajstić information content (AvgIpc) is 2.65. The standard InChI is InChI=1S/C14H18Cl2FNO2S/c1-10-5-3-2-4-6-18(10)21(19,20)13-8-12(16)7-11(9-15)14(13)17/h7-8,10H,2-6,9H2,1H3. The van der Waals surface area contributed by atoms with Crippen LogP contribution in [0, 0.1) is 5.82 Å². The Balaban J connectivity index is 2.50. The highest BCUT2D eigenvalue weighted by molar-refractivity contribution is 7.89. The van der Waals surface area contributed by atoms with Gasteiger partial charge >= 0.3 is 0 Å². The summed E-state index contributed by atoms with van der Waals surface area (Å²) in [4.78, 5) is -0.376. The molecule has 0 aromatic heterocycles. The second-order valence-corrected chi connectivity index (χ2v) is 7.89. The van der Waals surface area contributed by atoms with Gasteiger partial charge in [-0.2, -0.15) is 4.31 Å². The molecule has 21 heavy (non-hydrogen) atoms. The smallest absolute Gasteiger partial charge is 0.207 e. The van der Waals surface area contributed by atoms with Crippen molar-refractivity contribution in [3.63, 3.8) is 0 Å². The van der Waals surface area contributed by atoms with Crippen LogP contribution in [0.3, 0.4) is 0 Å². The zero-order valence-corrected chi connectivity index (χ0v) is 14.1. The molecular formula is C14H18Cl2FNO2S. The maximum atomic E-state index is 14.4. The van der Waals surface area contributed by atoms with Crippen molar-refractivity contribution in [2.45, 2.75) is 49.4 Å². The van der Waals surface area contributed by atoms with Gasteiger partial charge < -0.3 is 0 Å². The summed E-state index contributed by atoms with van der Waals surface area (Å²) in [5.74, 6) is -0.921. The fourth-order valence-electron chi connectivity index (χ4n) is 2.64. The van der Waals surface area contributed by atoms with E-state index in [1.165, 1.54) is 16.4 Å². The van der Waals surface area contributed by atoms with Gasteiger partial charge in [0, 0.05) is 23.2 Å². The van der Waals surface area contributed by atoms with Gasteiger partial charge in [-0.3, -0.25) is 0 Å². The van der Waals surface area contributed by atoms with E-state index in [0.29, 0.717) is 6.54 Å². The molecule has 0 spiro atoms. The van der Waals surface area contributed by atoms with Crippen LogP contribution in [0.4, 0.5) is 4.39 Å². The maximum absolute atomic E-state index is 14.4. The first-order chi connectivity index (χ1) is 9.87. The topological polar surface area (TPSA) is 37.4 Å². The van der Waals surface area contributed by atoms with Crippen molar-refractivity contribution in [1.29, 1.82) is 0 Å². The van der Waals surface area contributed by atoms with E-state index in [4.69, 9.17) is 23.2 Å². The van der Waals surface area contributed by atoms with E-state index >= 15 is 0 Å². The van der Waals surface area contributed by atoms with Gasteiger partial charge in [-0.25, -0.2) is 12.8 Å². The Morgan fingerprint density at radius 2 is 2.05 bits per heavy atom. The van der Waals surface area contributed by atoms with Gasteiger partial charge in [0.1, 0.15) is 10.7 Å². The minimum atomic E-state index is -3.91. The molecule has 2 rings (SSSR count). The molecule has 7 heteroatoms. The molecule has 1 aromatic carbocycles. The van der Waals surface area contributed by atoms with Crippen LogP contribution in [0.15, 0.2) is 17.0 Å². The molecule has 1 saturated heterocycles. The van der Waals surface area contributed by atoms with Gasteiger partial charge in [0.05, 0.1) is 5.88 Å². The van der Waals surface area contributed by atoms with E-state index < -0.39 is 15.8 Å². The minimum Gasteiger partial charge on any atom is -0.207 e. The molecule has 1 atom stereocenters. The van der Waals surface area contributed by atoms with Crippen LogP contribution in [0.25, 0.3) is 0 Å². The molecule has 3 nitrogen and oxygen atoms in total. The molecule has 1 heterocycles. The highest BCUT2D eigenvalue weighted by atomic mass is 35.5. The fraction of sp³-hybridized carbons (Fsp3) is 0.571. The molecule has 1 aliphatic rings. The maximum Gasteiger partial charge on any atom is 0.246 e. The Kier molecular flexibility index (Phi) is 5.52. The lowest BCUT2D eigenvalue weighted by Gasteiger charge is -2.26. The Morgan fingerprint density at radius 3 is 2.71 bits per heavy atom. The largest absolute Gasteiger partial charge is 0.246 e. The highest BCUT2D eigenvalue weighted by Gasteiger charge is 2.33. The van der Waals surface area contributed by atoms with Crippen molar-refractivity contribution >= 4 is 33.2 Å². The number of benzene rings is 1. The Bertz CT molecular complexity index is 622. The number of hydrogen-bond acceptors (Lipinski definition) is 2. The van der Waals surface area contributed by atoms with Crippen LogP contribution >= 0.6 is 23.2 Å². The third-order valence-electron chi connectivity index (χ3n) is 3.80. The van der Waals surface area contributed by atoms with Crippen LogP contribution in [-0.2, 0) is 15.9 Å². The van der Waals surface area contributed by atoms with Crippen LogP contribution in [0.1, 0.15) is 38.2 Å². The lowest BCUT2D eigenvalue weighted by molar-refractivity contribution is 0.340. The zero-order valence-electron chi connectivity index (χ0n) is 11.8. The van der Waals surface area contributed by atoms with E-state index in [1.54, 1.807) is 0 Å². The van der Waals surface area contributed by atoms with Crippen molar-refractivity contribution in [1.82, 2.24) is 4.31 Å². The molecule has 0 saturated carbocycles. The van der Waals surface area contributed by atoms with E-state index in [2.05, 4.69) is 0 Å². The highest BCUT2D eigenvalue weighted by Crippen LogP contribution is 2.30. The van der Waals surface area contributed by atoms with Gasteiger partial charge in [0.15, 0.2) is 0 Å². The molecule has 1 aromatic rings. The summed E-state index contributed by atoms with van der Waals surface area (Å²) < 4.78 is 41.3. The van der Waals surface area contributed by atoms with Crippen molar-refractivity contribution in [2.24, 2.45) is 0 Å². The molecule has 0 radical (unpaired) electrons. The first kappa shape index (κ1) is 17.0. The summed E-state index contributed by atoms with van der Waals surface area (Å²) in [7, 11) is -3.91. The molecule has 1 fully saturated rings. The lowest BCUT2D eigenvalue weighted by Crippen LogP contribution is -2.38. The Morgan fingerprint density at radius 1 is 1.33 bits per heavy atom. The third-order valence-corrected chi connectivity index (χ3v) is 6.32. The van der Waals surface area contributed by atoms with E-state index in [-0.39, 0.29) is 27.4 Å². The van der Waals surface area contributed by atoms with Crippen LogP contribution in [0.2, 0.25) is 5.02 Å². The zero-order chi connectivity index (χ0) is 15.6. The van der Waals surface area contributed by atoms with Crippen LogP contribution in [-0.4, -0.2) is 25.3 Å². The van der Waals surface area contributed by atoms with Gasteiger partial charge in [0.2, 0.25) is 10.0 Å². The van der Waals surface area contributed by atoms with E-state index in [1.807, 2.05) is 6.92 Å². The number of sulfonamides is 1. The molecule has 0 bridgehead atoms. The summed E-state index contributed by atoms with van der Waals surface area (Å²) in [5.41, 5.74) is 0.102.